The summed E-state index contributed by atoms with van der Waals surface area (Å²) < 4.78 is 38.0. The molecule has 0 saturated carbocycles. The van der Waals surface area contributed by atoms with Crippen LogP contribution in [-0.4, -0.2) is 87.4 Å². The van der Waals surface area contributed by atoms with Crippen molar-refractivity contribution in [1.82, 2.24) is 9.80 Å². The van der Waals surface area contributed by atoms with Crippen molar-refractivity contribution >= 4 is 25.5 Å². The highest BCUT2D eigenvalue weighted by molar-refractivity contribution is 7.62. The van der Waals surface area contributed by atoms with Gasteiger partial charge in [-0.15, -0.1) is 0 Å². The molecule has 1 saturated heterocycles. The van der Waals surface area contributed by atoms with Crippen molar-refractivity contribution in [1.29, 1.82) is 0 Å². The van der Waals surface area contributed by atoms with Crippen molar-refractivity contribution in [3.63, 3.8) is 0 Å². The molecule has 0 radical (unpaired) electrons. The van der Waals surface area contributed by atoms with Crippen LogP contribution < -0.4 is 0 Å². The van der Waals surface area contributed by atoms with Crippen LogP contribution in [0, 0.1) is 6.92 Å². The van der Waals surface area contributed by atoms with Crippen molar-refractivity contribution in [2.24, 2.45) is 0 Å². The van der Waals surface area contributed by atoms with Gasteiger partial charge in [-0.25, -0.2) is 14.5 Å². The van der Waals surface area contributed by atoms with Gasteiger partial charge in [0.15, 0.2) is 5.16 Å². The van der Waals surface area contributed by atoms with Gasteiger partial charge in [0.1, 0.15) is 22.6 Å². The minimum Gasteiger partial charge on any atom is -0.508 e. The Morgan fingerprint density at radius 3 is 1.96 bits per heavy atom. The fourth-order valence-corrected chi connectivity index (χ4v) is 9.03. The molecule has 1 aliphatic heterocycles. The van der Waals surface area contributed by atoms with E-state index in [1.807, 2.05) is 37.3 Å². The number of imide groups is 1. The molecule has 2 aromatic rings. The van der Waals surface area contributed by atoms with E-state index in [1.54, 1.807) is 81.4 Å². The first kappa shape index (κ1) is 42.0. The van der Waals surface area contributed by atoms with E-state index >= 15 is 0 Å². The third-order valence-corrected chi connectivity index (χ3v) is 11.6. The van der Waals surface area contributed by atoms with Crippen LogP contribution in [0.3, 0.4) is 0 Å². The van der Waals surface area contributed by atoms with Crippen LogP contribution >= 0.6 is 7.37 Å². The predicted octanol–water partition coefficient (Wildman–Crippen LogP) is 8.92. The average molecular weight is 731 g/mol. The molecule has 3 rings (SSSR count). The minimum absolute atomic E-state index is 0.0374. The molecule has 51 heavy (non-hydrogen) atoms. The van der Waals surface area contributed by atoms with E-state index in [0.717, 1.165) is 27.2 Å². The molecule has 1 N–H and O–H groups in total. The highest BCUT2D eigenvalue weighted by atomic mass is 31.2. The number of carbonyl (C=O) groups excluding carboxylic acids is 3. The highest BCUT2D eigenvalue weighted by Crippen LogP contribution is 2.64. The Morgan fingerprint density at radius 1 is 0.863 bits per heavy atom. The fraction of sp³-hybridized carbons (Fsp3) is 0.615. The van der Waals surface area contributed by atoms with Crippen LogP contribution in [0.2, 0.25) is 0 Å². The van der Waals surface area contributed by atoms with Gasteiger partial charge >= 0.3 is 18.2 Å². The highest BCUT2D eigenvalue weighted by Gasteiger charge is 2.59. The number of phenols is 1. The number of amides is 2. The molecule has 0 aliphatic carbocycles. The van der Waals surface area contributed by atoms with Gasteiger partial charge in [0, 0.05) is 32.3 Å². The van der Waals surface area contributed by atoms with Crippen molar-refractivity contribution in [3.8, 4) is 16.9 Å². The van der Waals surface area contributed by atoms with E-state index in [2.05, 4.69) is 4.90 Å². The van der Waals surface area contributed by atoms with E-state index < -0.39 is 47.5 Å². The zero-order valence-electron chi connectivity index (χ0n) is 32.5. The lowest BCUT2D eigenvalue weighted by Crippen LogP contribution is -2.56. The Bertz CT molecular complexity index is 1540. The summed E-state index contributed by atoms with van der Waals surface area (Å²) >= 11 is 0. The Kier molecular flexibility index (Phi) is 13.6. The molecule has 0 aromatic heterocycles. The van der Waals surface area contributed by atoms with Crippen LogP contribution in [0.15, 0.2) is 42.5 Å². The number of hydrogen-bond donors (Lipinski definition) is 1. The van der Waals surface area contributed by atoms with Gasteiger partial charge in [-0.2, -0.15) is 0 Å². The lowest BCUT2D eigenvalue weighted by Gasteiger charge is -2.46. The summed E-state index contributed by atoms with van der Waals surface area (Å²) in [5.74, 6) is -0.458. The first-order valence-corrected chi connectivity index (χ1v) is 19.6. The summed E-state index contributed by atoms with van der Waals surface area (Å²) in [5, 5.41) is 8.88. The summed E-state index contributed by atoms with van der Waals surface area (Å²) in [6.07, 6.45) is -0.793. The second-order valence-electron chi connectivity index (χ2n) is 16.3. The van der Waals surface area contributed by atoms with Crippen molar-refractivity contribution < 1.29 is 42.8 Å². The zero-order valence-corrected chi connectivity index (χ0v) is 33.4. The molecule has 2 atom stereocenters. The summed E-state index contributed by atoms with van der Waals surface area (Å²) in [4.78, 5) is 43.6. The summed E-state index contributed by atoms with van der Waals surface area (Å²) in [7, 11) is -3.63. The van der Waals surface area contributed by atoms with E-state index in [9.17, 15) is 24.1 Å². The summed E-state index contributed by atoms with van der Waals surface area (Å²) in [6.45, 7) is 20.4. The SMILES string of the molecule is CCOP1(=O)CCN(Cc2ccc(O)cc2-c2ccc(C)cc2)C[C@@]1(CCCCN(C(=O)OC(C)(C)C)C(=O)OC(C)(C)C)C(=O)OC(C)(C)C. The normalized spacial score (nSPS) is 20.1. The van der Waals surface area contributed by atoms with Crippen molar-refractivity contribution in [2.75, 3.05) is 32.4 Å². The van der Waals surface area contributed by atoms with Gasteiger partial charge in [-0.1, -0.05) is 35.9 Å². The molecule has 2 aromatic carbocycles. The molecule has 0 bridgehead atoms. The Labute approximate surface area is 304 Å². The third-order valence-electron chi connectivity index (χ3n) is 8.26. The number of unbranched alkanes of at least 4 members (excludes halogenated alkanes) is 1. The molecule has 284 valence electrons. The lowest BCUT2D eigenvalue weighted by atomic mass is 9.96. The van der Waals surface area contributed by atoms with Gasteiger partial charge < -0.3 is 23.8 Å². The lowest BCUT2D eigenvalue weighted by molar-refractivity contribution is -0.160. The number of aryl methyl sites for hydroxylation is 1. The predicted molar refractivity (Wildman–Crippen MR) is 199 cm³/mol. The third kappa shape index (κ3) is 11.8. The largest absolute Gasteiger partial charge is 0.508 e. The Morgan fingerprint density at radius 2 is 1.43 bits per heavy atom. The number of aromatic hydroxyl groups is 1. The monoisotopic (exact) mass is 730 g/mol. The Hall–Kier alpha value is -3.40. The second kappa shape index (κ2) is 16.5. The molecule has 1 heterocycles. The van der Waals surface area contributed by atoms with Crippen LogP contribution in [0.4, 0.5) is 9.59 Å². The first-order valence-electron chi connectivity index (χ1n) is 17.8. The second-order valence-corrected chi connectivity index (χ2v) is 19.2. The molecule has 1 aliphatic rings. The van der Waals surface area contributed by atoms with Crippen molar-refractivity contribution in [3.05, 3.63) is 53.6 Å². The molecule has 11 nitrogen and oxygen atoms in total. The van der Waals surface area contributed by atoms with E-state index in [0.29, 0.717) is 19.5 Å². The standard InChI is InChI=1S/C39H59N2O9P/c1-12-47-51(46)24-23-40(26-30-19-20-31(42)25-32(30)29-17-15-28(2)16-18-29)27-39(51,33(43)48-36(3,4)5)21-13-14-22-41(34(44)49-37(6,7)8)35(45)50-38(9,10)11/h15-20,25,42H,12-14,21-24,26-27H2,1-11H3/t39-,51?/m0/s1. The maximum atomic E-state index is 14.9. The topological polar surface area (TPSA) is 132 Å². The van der Waals surface area contributed by atoms with Gasteiger partial charge in [0.25, 0.3) is 0 Å². The Balaban J connectivity index is 1.97. The number of hydrogen-bond acceptors (Lipinski definition) is 10. The van der Waals surface area contributed by atoms with Crippen LogP contribution in [0.25, 0.3) is 11.1 Å². The van der Waals surface area contributed by atoms with Crippen LogP contribution in [0.1, 0.15) is 99.6 Å². The number of ether oxygens (including phenoxy) is 3. The van der Waals surface area contributed by atoms with Crippen LogP contribution in [-0.2, 0) is 34.6 Å². The average Bonchev–Trinajstić information content (AvgIpc) is 2.97. The maximum Gasteiger partial charge on any atom is 0.419 e. The molecule has 0 spiro atoms. The maximum absolute atomic E-state index is 14.9. The van der Waals surface area contributed by atoms with E-state index in [4.69, 9.17) is 18.7 Å². The quantitative estimate of drug-likeness (QED) is 0.103. The molecule has 1 unspecified atom stereocenters. The van der Waals surface area contributed by atoms with Gasteiger partial charge in [-0.05, 0) is 124 Å². The minimum atomic E-state index is -3.63. The van der Waals surface area contributed by atoms with Gasteiger partial charge in [0.05, 0.1) is 6.61 Å². The number of esters is 1. The number of nitrogens with zero attached hydrogens (tertiary/aromatic N) is 2. The van der Waals surface area contributed by atoms with Gasteiger partial charge in [-0.3, -0.25) is 14.3 Å². The smallest absolute Gasteiger partial charge is 0.419 e. The molecule has 1 fully saturated rings. The first-order chi connectivity index (χ1) is 23.5. The van der Waals surface area contributed by atoms with E-state index in [1.165, 1.54) is 0 Å². The van der Waals surface area contributed by atoms with Gasteiger partial charge in [0.2, 0.25) is 7.37 Å². The summed E-state index contributed by atoms with van der Waals surface area (Å²) in [5.41, 5.74) is 1.32. The number of phenolic OH excluding ortho intramolecular Hbond substituents is 1. The van der Waals surface area contributed by atoms with E-state index in [-0.39, 0.29) is 44.4 Å². The number of benzene rings is 2. The fourth-order valence-electron chi connectivity index (χ4n) is 6.03. The van der Waals surface area contributed by atoms with Crippen LogP contribution in [0.5, 0.6) is 5.75 Å². The van der Waals surface area contributed by atoms with Crippen molar-refractivity contribution in [2.45, 2.75) is 124 Å². The zero-order chi connectivity index (χ0) is 38.4. The number of carbonyl (C=O) groups is 3. The molecular formula is C39H59N2O9P. The molecule has 12 heteroatoms. The summed E-state index contributed by atoms with van der Waals surface area (Å²) in [6, 6.07) is 13.3. The molecule has 2 amide bonds. The molecular weight excluding hydrogens is 671 g/mol. The number of rotatable bonds is 11.